The lowest BCUT2D eigenvalue weighted by atomic mass is 10.3. The number of rotatable bonds is 3. The molecule has 0 spiro atoms. The largest absolute Gasteiger partial charge is 0.471 e. The average molecular weight is 238 g/mol. The Labute approximate surface area is 99.2 Å². The van der Waals surface area contributed by atoms with Gasteiger partial charge >= 0.3 is 0 Å². The number of hydrogen-bond acceptors (Lipinski definition) is 4. The zero-order valence-electron chi connectivity index (χ0n) is 8.19. The van der Waals surface area contributed by atoms with Gasteiger partial charge in [-0.15, -0.1) is 0 Å². The summed E-state index contributed by atoms with van der Waals surface area (Å²) in [6, 6.07) is 7.36. The van der Waals surface area contributed by atoms with Crippen molar-refractivity contribution in [1.82, 2.24) is 0 Å². The Hall–Kier alpha value is -1.29. The normalized spacial score (nSPS) is 8.87. The topological polar surface area (TPSA) is 33.6 Å². The van der Waals surface area contributed by atoms with E-state index < -0.39 is 0 Å². The SMILES string of the molecule is CCOC(=S)Nc1cccc(N=C=S)c1. The van der Waals surface area contributed by atoms with Crippen LogP contribution in [0.25, 0.3) is 0 Å². The van der Waals surface area contributed by atoms with Gasteiger partial charge in [0.2, 0.25) is 0 Å². The molecule has 15 heavy (non-hydrogen) atoms. The molecule has 0 aliphatic rings. The van der Waals surface area contributed by atoms with E-state index in [0.29, 0.717) is 11.8 Å². The maximum absolute atomic E-state index is 5.10. The summed E-state index contributed by atoms with van der Waals surface area (Å²) >= 11 is 9.46. The van der Waals surface area contributed by atoms with Crippen LogP contribution in [0.3, 0.4) is 0 Å². The van der Waals surface area contributed by atoms with Crippen molar-refractivity contribution in [1.29, 1.82) is 0 Å². The third kappa shape index (κ3) is 4.16. The van der Waals surface area contributed by atoms with E-state index in [4.69, 9.17) is 17.0 Å². The van der Waals surface area contributed by atoms with Crippen LogP contribution < -0.4 is 5.32 Å². The molecule has 0 bridgehead atoms. The summed E-state index contributed by atoms with van der Waals surface area (Å²) in [6.45, 7) is 2.42. The molecule has 5 heteroatoms. The van der Waals surface area contributed by atoms with E-state index in [2.05, 4.69) is 27.7 Å². The Bertz CT molecular complexity index is 400. The molecule has 0 unspecified atom stereocenters. The zero-order valence-corrected chi connectivity index (χ0v) is 9.82. The highest BCUT2D eigenvalue weighted by molar-refractivity contribution is 7.80. The number of benzene rings is 1. The highest BCUT2D eigenvalue weighted by Gasteiger charge is 1.98. The number of hydrogen-bond donors (Lipinski definition) is 1. The highest BCUT2D eigenvalue weighted by atomic mass is 32.1. The van der Waals surface area contributed by atoms with Gasteiger partial charge in [0.15, 0.2) is 0 Å². The van der Waals surface area contributed by atoms with Crippen LogP contribution in [0.4, 0.5) is 11.4 Å². The summed E-state index contributed by atoms with van der Waals surface area (Å²) in [4.78, 5) is 3.86. The average Bonchev–Trinajstić information content (AvgIpc) is 2.19. The fourth-order valence-electron chi connectivity index (χ4n) is 0.991. The van der Waals surface area contributed by atoms with Gasteiger partial charge in [0.25, 0.3) is 5.17 Å². The predicted molar refractivity (Wildman–Crippen MR) is 69.0 cm³/mol. The van der Waals surface area contributed by atoms with Crippen molar-refractivity contribution in [2.24, 2.45) is 4.99 Å². The molecule has 0 radical (unpaired) electrons. The van der Waals surface area contributed by atoms with Crippen LogP contribution >= 0.6 is 24.4 Å². The lowest BCUT2D eigenvalue weighted by molar-refractivity contribution is 0.335. The Morgan fingerprint density at radius 1 is 1.60 bits per heavy atom. The zero-order chi connectivity index (χ0) is 11.1. The van der Waals surface area contributed by atoms with Gasteiger partial charge < -0.3 is 10.1 Å². The van der Waals surface area contributed by atoms with E-state index >= 15 is 0 Å². The third-order valence-electron chi connectivity index (χ3n) is 1.54. The summed E-state index contributed by atoms with van der Waals surface area (Å²) in [5, 5.41) is 5.58. The molecule has 0 aliphatic carbocycles. The lowest BCUT2D eigenvalue weighted by Gasteiger charge is -2.07. The first-order valence-electron chi connectivity index (χ1n) is 4.38. The lowest BCUT2D eigenvalue weighted by Crippen LogP contribution is -2.12. The molecule has 1 rings (SSSR count). The van der Waals surface area contributed by atoms with Gasteiger partial charge in [0.1, 0.15) is 0 Å². The van der Waals surface area contributed by atoms with Crippen LogP contribution in [0.15, 0.2) is 29.3 Å². The maximum Gasteiger partial charge on any atom is 0.261 e. The molecular formula is C10H10N2OS2. The minimum absolute atomic E-state index is 0.348. The molecule has 0 amide bonds. The minimum Gasteiger partial charge on any atom is -0.471 e. The minimum atomic E-state index is 0.348. The fourth-order valence-corrected chi connectivity index (χ4v) is 1.33. The van der Waals surface area contributed by atoms with Crippen LogP contribution in [0.5, 0.6) is 0 Å². The standard InChI is InChI=1S/C10H10N2OS2/c1-2-13-10(15)12-9-5-3-4-8(6-9)11-7-14/h3-6H,2H2,1H3,(H,12,15). The summed E-state index contributed by atoms with van der Waals surface area (Å²) < 4.78 is 5.10. The van der Waals surface area contributed by atoms with Gasteiger partial charge in [0.05, 0.1) is 17.5 Å². The van der Waals surface area contributed by atoms with E-state index in [1.807, 2.05) is 31.2 Å². The Morgan fingerprint density at radius 3 is 3.07 bits per heavy atom. The van der Waals surface area contributed by atoms with E-state index in [1.165, 1.54) is 0 Å². The van der Waals surface area contributed by atoms with E-state index in [1.54, 1.807) is 0 Å². The molecule has 78 valence electrons. The van der Waals surface area contributed by atoms with Crippen LogP contribution in [0.2, 0.25) is 0 Å². The van der Waals surface area contributed by atoms with Crippen molar-refractivity contribution in [2.75, 3.05) is 11.9 Å². The Morgan fingerprint density at radius 2 is 2.40 bits per heavy atom. The maximum atomic E-state index is 5.10. The number of ether oxygens (including phenoxy) is 1. The van der Waals surface area contributed by atoms with Crippen molar-refractivity contribution >= 4 is 46.1 Å². The molecule has 0 saturated carbocycles. The van der Waals surface area contributed by atoms with E-state index in [0.717, 1.165) is 11.4 Å². The predicted octanol–water partition coefficient (Wildman–Crippen LogP) is 3.15. The summed E-state index contributed by atoms with van der Waals surface area (Å²) in [7, 11) is 0. The molecule has 3 nitrogen and oxygen atoms in total. The van der Waals surface area contributed by atoms with Crippen LogP contribution in [0, 0.1) is 0 Å². The molecule has 0 fully saturated rings. The smallest absolute Gasteiger partial charge is 0.261 e. The highest BCUT2D eigenvalue weighted by Crippen LogP contribution is 2.17. The molecule has 1 aromatic carbocycles. The summed E-state index contributed by atoms with van der Waals surface area (Å²) in [5.41, 5.74) is 1.55. The summed E-state index contributed by atoms with van der Waals surface area (Å²) in [6.07, 6.45) is 0. The van der Waals surface area contributed by atoms with Crippen molar-refractivity contribution < 1.29 is 4.74 Å². The Kier molecular flexibility index (Phi) is 4.90. The number of thiocarbonyl (C=S) groups is 2. The van der Waals surface area contributed by atoms with E-state index in [9.17, 15) is 0 Å². The monoisotopic (exact) mass is 238 g/mol. The van der Waals surface area contributed by atoms with Gasteiger partial charge in [-0.25, -0.2) is 0 Å². The second-order valence-corrected chi connectivity index (χ2v) is 3.15. The first kappa shape index (κ1) is 11.8. The first-order chi connectivity index (χ1) is 7.26. The fraction of sp³-hybridized carbons (Fsp3) is 0.200. The molecule has 0 atom stereocenters. The summed E-state index contributed by atoms with van der Waals surface area (Å²) in [5.74, 6) is 0. The van der Waals surface area contributed by atoms with Crippen LogP contribution in [-0.4, -0.2) is 16.9 Å². The number of nitrogens with one attached hydrogen (secondary N) is 1. The second-order valence-electron chi connectivity index (χ2n) is 2.60. The third-order valence-corrected chi connectivity index (χ3v) is 1.85. The second kappa shape index (κ2) is 6.24. The van der Waals surface area contributed by atoms with Crippen molar-refractivity contribution in [3.05, 3.63) is 24.3 Å². The molecule has 1 N–H and O–H groups in total. The first-order valence-corrected chi connectivity index (χ1v) is 5.19. The Balaban J connectivity index is 2.73. The van der Waals surface area contributed by atoms with Gasteiger partial charge in [-0.05, 0) is 49.6 Å². The van der Waals surface area contributed by atoms with Crippen LogP contribution in [0.1, 0.15) is 6.92 Å². The van der Waals surface area contributed by atoms with Gasteiger partial charge in [-0.3, -0.25) is 0 Å². The quantitative estimate of drug-likeness (QED) is 0.648. The molecule has 0 heterocycles. The van der Waals surface area contributed by atoms with E-state index in [-0.39, 0.29) is 0 Å². The van der Waals surface area contributed by atoms with Crippen molar-refractivity contribution in [3.63, 3.8) is 0 Å². The van der Waals surface area contributed by atoms with Crippen molar-refractivity contribution in [3.8, 4) is 0 Å². The van der Waals surface area contributed by atoms with Gasteiger partial charge in [-0.2, -0.15) is 4.99 Å². The van der Waals surface area contributed by atoms with Gasteiger partial charge in [-0.1, -0.05) is 6.07 Å². The number of aliphatic imine (C=N–C) groups is 1. The number of isothiocyanates is 1. The molecule has 1 aromatic rings. The molecular weight excluding hydrogens is 228 g/mol. The molecule has 0 aliphatic heterocycles. The van der Waals surface area contributed by atoms with Crippen molar-refractivity contribution in [2.45, 2.75) is 6.92 Å². The van der Waals surface area contributed by atoms with Crippen LogP contribution in [-0.2, 0) is 4.74 Å². The number of anilines is 1. The number of nitrogens with zero attached hydrogens (tertiary/aromatic N) is 1. The molecule has 0 saturated heterocycles. The van der Waals surface area contributed by atoms with Gasteiger partial charge in [0, 0.05) is 5.69 Å². The molecule has 0 aromatic heterocycles.